The molecule has 1 atom stereocenters. The third kappa shape index (κ3) is 21.0. The Morgan fingerprint density at radius 2 is 1.24 bits per heavy atom. The maximum Gasteiger partial charge on any atom is 0.399 e. The Morgan fingerprint density at radius 3 is 1.68 bits per heavy atom. The van der Waals surface area contributed by atoms with Gasteiger partial charge in [-0.2, -0.15) is 8.42 Å². The molecule has 2 N–H and O–H groups in total. The number of aliphatic hydroxyl groups excluding tert-OH is 2. The normalized spacial score (nSPS) is 12.8. The zero-order chi connectivity index (χ0) is 18.1. The first kappa shape index (κ1) is 28.0. The van der Waals surface area contributed by atoms with Crippen LogP contribution in [0.2, 0.25) is 0 Å². The van der Waals surface area contributed by atoms with E-state index in [0.717, 1.165) is 12.8 Å². The standard InChI is InChI=1S/C17H36O6S.Na/c1-2-3-4-5-6-7-8-9-10-11-12-13-14-22-24(20,21)23-16-17(19)15-18;/h17-19H,2-16H2,1H3;. The van der Waals surface area contributed by atoms with Gasteiger partial charge in [0, 0.05) is 29.6 Å². The molecule has 1 unspecified atom stereocenters. The van der Waals surface area contributed by atoms with E-state index in [1.165, 1.54) is 57.8 Å². The molecule has 8 heteroatoms. The van der Waals surface area contributed by atoms with Gasteiger partial charge in [0.2, 0.25) is 0 Å². The molecule has 6 nitrogen and oxygen atoms in total. The average molecular weight is 392 g/mol. The van der Waals surface area contributed by atoms with Crippen LogP contribution in [-0.2, 0) is 18.8 Å². The predicted octanol–water partition coefficient (Wildman–Crippen LogP) is 2.94. The van der Waals surface area contributed by atoms with E-state index >= 15 is 0 Å². The summed E-state index contributed by atoms with van der Waals surface area (Å²) in [6.45, 7) is 1.29. The molecule has 0 aliphatic heterocycles. The summed E-state index contributed by atoms with van der Waals surface area (Å²) in [6.07, 6.45) is 13.2. The van der Waals surface area contributed by atoms with Gasteiger partial charge in [-0.25, -0.2) is 8.37 Å². The minimum Gasteiger partial charge on any atom is -0.394 e. The molecule has 147 valence electrons. The molecular formula is C17H36NaO6S. The monoisotopic (exact) mass is 391 g/mol. The minimum absolute atomic E-state index is 0. The van der Waals surface area contributed by atoms with Crippen LogP contribution in [0.4, 0.5) is 0 Å². The van der Waals surface area contributed by atoms with Crippen LogP contribution in [0, 0.1) is 0 Å². The first-order chi connectivity index (χ1) is 11.5. The molecule has 0 aromatic heterocycles. The van der Waals surface area contributed by atoms with Gasteiger partial charge in [0.25, 0.3) is 0 Å². The molecule has 0 aromatic rings. The second kappa shape index (κ2) is 19.5. The molecule has 0 heterocycles. The van der Waals surface area contributed by atoms with Crippen LogP contribution in [-0.4, -0.2) is 74.1 Å². The van der Waals surface area contributed by atoms with Crippen molar-refractivity contribution in [1.82, 2.24) is 0 Å². The molecule has 0 aliphatic rings. The third-order valence-corrected chi connectivity index (χ3v) is 4.72. The summed E-state index contributed by atoms with van der Waals surface area (Å²) < 4.78 is 31.7. The van der Waals surface area contributed by atoms with Crippen molar-refractivity contribution in [1.29, 1.82) is 0 Å². The summed E-state index contributed by atoms with van der Waals surface area (Å²) in [4.78, 5) is 0. The van der Waals surface area contributed by atoms with E-state index in [4.69, 9.17) is 10.2 Å². The van der Waals surface area contributed by atoms with Gasteiger partial charge in [0.1, 0.15) is 6.10 Å². The third-order valence-electron chi connectivity index (χ3n) is 3.84. The van der Waals surface area contributed by atoms with E-state index in [9.17, 15) is 8.42 Å². The number of rotatable bonds is 18. The molecule has 0 rings (SSSR count). The second-order valence-corrected chi connectivity index (χ2v) is 7.53. The quantitative estimate of drug-likeness (QED) is 0.276. The predicted molar refractivity (Wildman–Crippen MR) is 101 cm³/mol. The van der Waals surface area contributed by atoms with Gasteiger partial charge in [0.05, 0.1) is 19.8 Å². The Morgan fingerprint density at radius 1 is 0.800 bits per heavy atom. The van der Waals surface area contributed by atoms with E-state index in [0.29, 0.717) is 6.42 Å². The van der Waals surface area contributed by atoms with Crippen LogP contribution >= 0.6 is 0 Å². The van der Waals surface area contributed by atoms with Crippen molar-refractivity contribution < 1.29 is 27.0 Å². The zero-order valence-corrected chi connectivity index (χ0v) is 18.9. The zero-order valence-electron chi connectivity index (χ0n) is 16.1. The summed E-state index contributed by atoms with van der Waals surface area (Å²) >= 11 is 0. The van der Waals surface area contributed by atoms with E-state index in [2.05, 4.69) is 15.3 Å². The van der Waals surface area contributed by atoms with Crippen molar-refractivity contribution in [2.45, 2.75) is 90.1 Å². The fourth-order valence-electron chi connectivity index (χ4n) is 2.35. The Kier molecular flexibility index (Phi) is 21.9. The molecule has 0 saturated heterocycles. The summed E-state index contributed by atoms with van der Waals surface area (Å²) in [5.74, 6) is 0. The molecule has 0 saturated carbocycles. The van der Waals surface area contributed by atoms with E-state index in [1.54, 1.807) is 0 Å². The van der Waals surface area contributed by atoms with E-state index < -0.39 is 29.7 Å². The summed E-state index contributed by atoms with van der Waals surface area (Å²) in [7, 11) is -4.07. The van der Waals surface area contributed by atoms with Gasteiger partial charge in [-0.05, 0) is 6.42 Å². The van der Waals surface area contributed by atoms with Gasteiger partial charge >= 0.3 is 10.4 Å². The summed E-state index contributed by atoms with van der Waals surface area (Å²) in [6, 6.07) is 0. The average Bonchev–Trinajstić information content (AvgIpc) is 2.57. The van der Waals surface area contributed by atoms with Crippen molar-refractivity contribution in [2.24, 2.45) is 0 Å². The number of hydrogen-bond acceptors (Lipinski definition) is 6. The van der Waals surface area contributed by atoms with Crippen molar-refractivity contribution >= 4 is 40.0 Å². The number of hydrogen-bond donors (Lipinski definition) is 2. The molecule has 0 spiro atoms. The fraction of sp³-hybridized carbons (Fsp3) is 1.00. The summed E-state index contributed by atoms with van der Waals surface area (Å²) in [5.41, 5.74) is 0. The minimum atomic E-state index is -4.07. The van der Waals surface area contributed by atoms with Crippen molar-refractivity contribution in [3.63, 3.8) is 0 Å². The first-order valence-corrected chi connectivity index (χ1v) is 10.7. The number of aliphatic hydroxyl groups is 2. The second-order valence-electron chi connectivity index (χ2n) is 6.24. The maximum atomic E-state index is 11.3. The molecule has 0 aromatic carbocycles. The van der Waals surface area contributed by atoms with E-state index in [1.807, 2.05) is 0 Å². The maximum absolute atomic E-state index is 11.3. The largest absolute Gasteiger partial charge is 0.399 e. The molecule has 1 radical (unpaired) electrons. The Hall–Kier alpha value is 0.790. The van der Waals surface area contributed by atoms with Gasteiger partial charge in [0.15, 0.2) is 0 Å². The van der Waals surface area contributed by atoms with Crippen LogP contribution in [0.3, 0.4) is 0 Å². The molecule has 0 aliphatic carbocycles. The fourth-order valence-corrected chi connectivity index (χ4v) is 3.07. The molecule has 0 fully saturated rings. The van der Waals surface area contributed by atoms with Crippen LogP contribution in [0.25, 0.3) is 0 Å². The van der Waals surface area contributed by atoms with Crippen LogP contribution in [0.1, 0.15) is 84.0 Å². The SMILES string of the molecule is CCCCCCCCCCCCCCOS(=O)(=O)OCC(O)CO.[Na]. The van der Waals surface area contributed by atoms with Gasteiger partial charge in [-0.1, -0.05) is 77.6 Å². The Labute approximate surface area is 176 Å². The Bertz CT molecular complexity index is 364. The Balaban J connectivity index is 0. The molecule has 25 heavy (non-hydrogen) atoms. The molecular weight excluding hydrogens is 355 g/mol. The van der Waals surface area contributed by atoms with Crippen molar-refractivity contribution in [3.8, 4) is 0 Å². The number of unbranched alkanes of at least 4 members (excludes halogenated alkanes) is 11. The van der Waals surface area contributed by atoms with Gasteiger partial charge in [-0.15, -0.1) is 0 Å². The molecule has 0 bridgehead atoms. The topological polar surface area (TPSA) is 93.1 Å². The van der Waals surface area contributed by atoms with Crippen molar-refractivity contribution in [2.75, 3.05) is 19.8 Å². The van der Waals surface area contributed by atoms with E-state index in [-0.39, 0.29) is 36.2 Å². The van der Waals surface area contributed by atoms with Gasteiger partial charge < -0.3 is 10.2 Å². The van der Waals surface area contributed by atoms with Crippen LogP contribution in [0.15, 0.2) is 0 Å². The van der Waals surface area contributed by atoms with Crippen LogP contribution in [0.5, 0.6) is 0 Å². The first-order valence-electron chi connectivity index (χ1n) is 9.34. The summed E-state index contributed by atoms with van der Waals surface area (Å²) in [5, 5.41) is 17.6. The smallest absolute Gasteiger partial charge is 0.394 e. The molecule has 0 amide bonds. The van der Waals surface area contributed by atoms with Gasteiger partial charge in [-0.3, -0.25) is 0 Å². The van der Waals surface area contributed by atoms with Crippen molar-refractivity contribution in [3.05, 3.63) is 0 Å². The van der Waals surface area contributed by atoms with Crippen LogP contribution < -0.4 is 0 Å².